The minimum atomic E-state index is 0.519. The number of rotatable bonds is 3. The molecular weight excluding hydrogens is 743 g/mol. The molecule has 0 fully saturated rings. The average Bonchev–Trinajstić information content (AvgIpc) is 3.87. The molecule has 0 saturated heterocycles. The van der Waals surface area contributed by atoms with Crippen LogP contribution in [-0.4, -0.2) is 29.9 Å². The molecule has 0 aliphatic carbocycles. The molecule has 6 nitrogen and oxygen atoms in total. The Morgan fingerprint density at radius 1 is 0.460 bits per heavy atom. The van der Waals surface area contributed by atoms with Gasteiger partial charge in [-0.2, -0.15) is 0 Å². The van der Waals surface area contributed by atoms with Gasteiger partial charge < -0.3 is 0 Å². The highest BCUT2D eigenvalue weighted by atomic mass is 35.5. The second-order valence-corrected chi connectivity index (χ2v) is 15.0. The lowest BCUT2D eigenvalue weighted by molar-refractivity contribution is 1.23. The molecule has 9 rings (SSSR count). The van der Waals surface area contributed by atoms with E-state index in [2.05, 4.69) is 103 Å². The molecule has 6 heterocycles. The van der Waals surface area contributed by atoms with E-state index in [1.165, 1.54) is 29.4 Å². The summed E-state index contributed by atoms with van der Waals surface area (Å²) in [6.07, 6.45) is 4.51. The Balaban J connectivity index is 0.000000118. The summed E-state index contributed by atoms with van der Waals surface area (Å²) in [5.74, 6) is 0. The van der Waals surface area contributed by atoms with Crippen LogP contribution in [0.4, 0.5) is 0 Å². The Hall–Kier alpha value is -4.35. The number of benzene rings is 3. The van der Waals surface area contributed by atoms with Gasteiger partial charge in [0.1, 0.15) is 48.9 Å². The summed E-state index contributed by atoms with van der Waals surface area (Å²) in [5.41, 5.74) is 8.06. The lowest BCUT2D eigenvalue weighted by atomic mass is 10.0. The van der Waals surface area contributed by atoms with Crippen molar-refractivity contribution < 1.29 is 0 Å². The van der Waals surface area contributed by atoms with Crippen LogP contribution in [0.5, 0.6) is 0 Å². The van der Waals surface area contributed by atoms with Gasteiger partial charge in [0.15, 0.2) is 0 Å². The molecule has 12 heteroatoms. The Bertz CT molecular complexity index is 2550. The number of aryl methyl sites for hydroxylation is 2. The van der Waals surface area contributed by atoms with Crippen LogP contribution in [0.15, 0.2) is 115 Å². The molecule has 0 radical (unpaired) electrons. The molecule has 0 bridgehead atoms. The van der Waals surface area contributed by atoms with Crippen molar-refractivity contribution in [2.24, 2.45) is 0 Å². The molecule has 0 atom stereocenters. The standard InChI is InChI=1S/2C13H9ClN2S.C12H7ClN2S/c1-8-2-4-9(5-3-8)10-6-17-13-11(10)12(14)15-7-16-13;1-8-10(9-5-3-2-4-6-9)11-12(14)15-7-16-13(11)17-8;13-11-10-9(8-4-2-1-3-5-8)6-16-12(10)15-7-14-11/h2*2-7H,1H3;1-7H. The highest BCUT2D eigenvalue weighted by molar-refractivity contribution is 7.19. The molecule has 0 spiro atoms. The zero-order valence-corrected chi connectivity index (χ0v) is 31.2. The second-order valence-electron chi connectivity index (χ2n) is 11.0. The van der Waals surface area contributed by atoms with Crippen molar-refractivity contribution in [2.75, 3.05) is 0 Å². The highest BCUT2D eigenvalue weighted by Crippen LogP contribution is 2.40. The summed E-state index contributed by atoms with van der Waals surface area (Å²) >= 11 is 23.3. The van der Waals surface area contributed by atoms with Gasteiger partial charge in [-0.05, 0) is 30.5 Å². The third-order valence-electron chi connectivity index (χ3n) is 7.78. The first-order valence-corrected chi connectivity index (χ1v) is 18.9. The fourth-order valence-electron chi connectivity index (χ4n) is 5.41. The fraction of sp³-hybridized carbons (Fsp3) is 0.0526. The van der Waals surface area contributed by atoms with Crippen LogP contribution in [0.3, 0.4) is 0 Å². The Labute approximate surface area is 315 Å². The second kappa shape index (κ2) is 15.3. The maximum atomic E-state index is 6.18. The number of halogens is 3. The molecule has 0 aliphatic rings. The van der Waals surface area contributed by atoms with Crippen molar-refractivity contribution in [3.05, 3.63) is 141 Å². The number of thiophene rings is 3. The monoisotopic (exact) mass is 766 g/mol. The summed E-state index contributed by atoms with van der Waals surface area (Å²) in [6.45, 7) is 4.16. The summed E-state index contributed by atoms with van der Waals surface area (Å²) in [6, 6.07) is 28.7. The predicted molar refractivity (Wildman–Crippen MR) is 213 cm³/mol. The van der Waals surface area contributed by atoms with Crippen LogP contribution in [0.25, 0.3) is 64.0 Å². The zero-order chi connectivity index (χ0) is 34.6. The first-order chi connectivity index (χ1) is 24.4. The molecule has 50 heavy (non-hydrogen) atoms. The Morgan fingerprint density at radius 2 is 0.900 bits per heavy atom. The Morgan fingerprint density at radius 3 is 1.42 bits per heavy atom. The highest BCUT2D eigenvalue weighted by Gasteiger charge is 2.15. The number of hydrogen-bond acceptors (Lipinski definition) is 9. The summed E-state index contributed by atoms with van der Waals surface area (Å²) in [5, 5.41) is 8.57. The van der Waals surface area contributed by atoms with E-state index >= 15 is 0 Å². The van der Waals surface area contributed by atoms with Crippen LogP contribution in [0, 0.1) is 13.8 Å². The molecule has 6 aromatic heterocycles. The first-order valence-electron chi connectivity index (χ1n) is 15.2. The molecule has 0 aliphatic heterocycles. The van der Waals surface area contributed by atoms with E-state index < -0.39 is 0 Å². The van der Waals surface area contributed by atoms with Gasteiger partial charge in [-0.3, -0.25) is 0 Å². The smallest absolute Gasteiger partial charge is 0.141 e. The maximum absolute atomic E-state index is 6.18. The minimum Gasteiger partial charge on any atom is -0.225 e. The van der Waals surface area contributed by atoms with E-state index in [-0.39, 0.29) is 0 Å². The van der Waals surface area contributed by atoms with Crippen molar-refractivity contribution in [1.29, 1.82) is 0 Å². The molecule has 0 unspecified atom stereocenters. The molecule has 246 valence electrons. The third kappa shape index (κ3) is 7.11. The lowest BCUT2D eigenvalue weighted by Crippen LogP contribution is -1.82. The van der Waals surface area contributed by atoms with Gasteiger partial charge in [-0.1, -0.05) is 125 Å². The summed E-state index contributed by atoms with van der Waals surface area (Å²) in [4.78, 5) is 28.9. The first kappa shape index (κ1) is 34.1. The molecule has 3 aromatic carbocycles. The van der Waals surface area contributed by atoms with Crippen LogP contribution >= 0.6 is 68.8 Å². The predicted octanol–water partition coefficient (Wildman–Crippen LogP) is 12.7. The van der Waals surface area contributed by atoms with E-state index in [4.69, 9.17) is 34.8 Å². The number of nitrogens with zero attached hydrogens (tertiary/aromatic N) is 6. The molecular formula is C38H25Cl3N6S3. The van der Waals surface area contributed by atoms with Crippen molar-refractivity contribution in [3.8, 4) is 33.4 Å². The number of hydrogen-bond donors (Lipinski definition) is 0. The quantitative estimate of drug-likeness (QED) is 0.167. The molecule has 0 N–H and O–H groups in total. The third-order valence-corrected chi connectivity index (χ3v) is 11.4. The Kier molecular flexibility index (Phi) is 10.4. The topological polar surface area (TPSA) is 77.3 Å². The van der Waals surface area contributed by atoms with E-state index in [0.29, 0.717) is 15.5 Å². The largest absolute Gasteiger partial charge is 0.225 e. The average molecular weight is 768 g/mol. The van der Waals surface area contributed by atoms with E-state index in [1.807, 2.05) is 36.4 Å². The summed E-state index contributed by atoms with van der Waals surface area (Å²) in [7, 11) is 0. The fourth-order valence-corrected chi connectivity index (χ4v) is 9.12. The number of aromatic nitrogens is 6. The lowest BCUT2D eigenvalue weighted by Gasteiger charge is -2.01. The SMILES string of the molecule is Cc1ccc(-c2csc3ncnc(Cl)c23)cc1.Cc1sc2ncnc(Cl)c2c1-c1ccccc1.Clc1ncnc2scc(-c3ccccc3)c12. The van der Waals surface area contributed by atoms with Gasteiger partial charge in [0, 0.05) is 32.3 Å². The molecule has 0 saturated carbocycles. The normalized spacial score (nSPS) is 10.9. The van der Waals surface area contributed by atoms with Gasteiger partial charge in [-0.25, -0.2) is 29.9 Å². The minimum absolute atomic E-state index is 0.519. The van der Waals surface area contributed by atoms with Crippen molar-refractivity contribution in [1.82, 2.24) is 29.9 Å². The van der Waals surface area contributed by atoms with Crippen LogP contribution in [0.2, 0.25) is 15.5 Å². The number of fused-ring (bicyclic) bond motifs is 3. The zero-order valence-electron chi connectivity index (χ0n) is 26.5. The van der Waals surface area contributed by atoms with Gasteiger partial charge in [0.2, 0.25) is 0 Å². The van der Waals surface area contributed by atoms with Crippen LogP contribution in [-0.2, 0) is 0 Å². The molecule has 9 aromatic rings. The summed E-state index contributed by atoms with van der Waals surface area (Å²) < 4.78 is 0. The van der Waals surface area contributed by atoms with Crippen LogP contribution < -0.4 is 0 Å². The van der Waals surface area contributed by atoms with Crippen molar-refractivity contribution in [2.45, 2.75) is 13.8 Å². The van der Waals surface area contributed by atoms with E-state index in [9.17, 15) is 0 Å². The van der Waals surface area contributed by atoms with Crippen molar-refractivity contribution in [3.63, 3.8) is 0 Å². The van der Waals surface area contributed by atoms with E-state index in [1.54, 1.807) is 34.0 Å². The van der Waals surface area contributed by atoms with Gasteiger partial charge in [0.05, 0.1) is 16.2 Å². The van der Waals surface area contributed by atoms with Gasteiger partial charge in [-0.15, -0.1) is 34.0 Å². The van der Waals surface area contributed by atoms with Crippen molar-refractivity contribution >= 4 is 99.5 Å². The van der Waals surface area contributed by atoms with Crippen LogP contribution in [0.1, 0.15) is 10.4 Å². The van der Waals surface area contributed by atoms with Gasteiger partial charge >= 0.3 is 0 Å². The van der Waals surface area contributed by atoms with E-state index in [0.717, 1.165) is 64.0 Å². The molecule has 0 amide bonds. The maximum Gasteiger partial charge on any atom is 0.141 e. The van der Waals surface area contributed by atoms with Gasteiger partial charge in [0.25, 0.3) is 0 Å².